The van der Waals surface area contributed by atoms with Gasteiger partial charge in [0.15, 0.2) is 11.8 Å². The minimum absolute atomic E-state index is 0.295. The average molecular weight is 376 g/mol. The highest BCUT2D eigenvalue weighted by molar-refractivity contribution is 7.99. The van der Waals surface area contributed by atoms with Gasteiger partial charge in [-0.2, -0.15) is 4.98 Å². The minimum Gasteiger partial charge on any atom is -0.357 e. The van der Waals surface area contributed by atoms with Crippen LogP contribution in [-0.2, 0) is 6.42 Å². The quantitative estimate of drug-likeness (QED) is 0.287. The second-order valence-electron chi connectivity index (χ2n) is 6.15. The van der Waals surface area contributed by atoms with Crippen LogP contribution in [0.3, 0.4) is 0 Å². The van der Waals surface area contributed by atoms with E-state index in [1.54, 1.807) is 0 Å². The molecule has 0 amide bonds. The first-order valence-electron chi connectivity index (χ1n) is 9.21. The van der Waals surface area contributed by atoms with Crippen LogP contribution in [0.4, 0.5) is 0 Å². The summed E-state index contributed by atoms with van der Waals surface area (Å²) in [7, 11) is 0. The Kier molecular flexibility index (Phi) is 9.03. The molecule has 2 rings (SSSR count). The number of guanidine groups is 1. The highest BCUT2D eigenvalue weighted by Crippen LogP contribution is 2.15. The van der Waals surface area contributed by atoms with E-state index in [4.69, 9.17) is 4.52 Å². The van der Waals surface area contributed by atoms with Crippen LogP contribution in [-0.4, -0.2) is 41.5 Å². The van der Waals surface area contributed by atoms with Gasteiger partial charge in [0.2, 0.25) is 5.89 Å². The van der Waals surface area contributed by atoms with Crippen molar-refractivity contribution in [2.75, 3.05) is 25.4 Å². The second kappa shape index (κ2) is 11.6. The van der Waals surface area contributed by atoms with E-state index in [0.717, 1.165) is 50.0 Å². The Morgan fingerprint density at radius 3 is 2.73 bits per heavy atom. The van der Waals surface area contributed by atoms with Gasteiger partial charge >= 0.3 is 0 Å². The number of aryl methyl sites for hydroxylation is 1. The van der Waals surface area contributed by atoms with Gasteiger partial charge in [-0.15, -0.1) is 11.8 Å². The molecular formula is C19H29N5OS. The molecule has 142 valence electrons. The Labute approximate surface area is 160 Å². The topological polar surface area (TPSA) is 75.3 Å². The standard InChI is InChI=1S/C19H29N5OS/c1-4-20-19(22-13-14-26-16-9-6-5-7-10-16)21-12-8-11-17-23-18(15(2)3)24-25-17/h5-7,9-10,15H,4,8,11-14H2,1-3H3,(H2,20,21,22). The molecule has 1 heterocycles. The lowest BCUT2D eigenvalue weighted by Crippen LogP contribution is -2.38. The van der Waals surface area contributed by atoms with E-state index in [9.17, 15) is 0 Å². The van der Waals surface area contributed by atoms with Crippen LogP contribution in [0.25, 0.3) is 0 Å². The van der Waals surface area contributed by atoms with Gasteiger partial charge in [-0.3, -0.25) is 4.99 Å². The minimum atomic E-state index is 0.295. The largest absolute Gasteiger partial charge is 0.357 e. The van der Waals surface area contributed by atoms with E-state index < -0.39 is 0 Å². The van der Waals surface area contributed by atoms with Gasteiger partial charge in [-0.1, -0.05) is 37.2 Å². The summed E-state index contributed by atoms with van der Waals surface area (Å²) in [5.41, 5.74) is 0. The summed E-state index contributed by atoms with van der Waals surface area (Å²) < 4.78 is 5.26. The molecular weight excluding hydrogens is 346 g/mol. The fourth-order valence-corrected chi connectivity index (χ4v) is 3.01. The van der Waals surface area contributed by atoms with Crippen molar-refractivity contribution < 1.29 is 4.52 Å². The zero-order valence-corrected chi connectivity index (χ0v) is 16.7. The van der Waals surface area contributed by atoms with Crippen molar-refractivity contribution >= 4 is 17.7 Å². The van der Waals surface area contributed by atoms with Crippen LogP contribution >= 0.6 is 11.8 Å². The molecule has 7 heteroatoms. The number of aromatic nitrogens is 2. The summed E-state index contributed by atoms with van der Waals surface area (Å²) in [4.78, 5) is 10.3. The van der Waals surface area contributed by atoms with Crippen molar-refractivity contribution in [3.8, 4) is 0 Å². The van der Waals surface area contributed by atoms with E-state index in [1.807, 2.05) is 17.8 Å². The van der Waals surface area contributed by atoms with Crippen LogP contribution < -0.4 is 10.6 Å². The zero-order chi connectivity index (χ0) is 18.6. The molecule has 1 aromatic carbocycles. The molecule has 0 aliphatic carbocycles. The monoisotopic (exact) mass is 375 g/mol. The maximum atomic E-state index is 5.26. The predicted octanol–water partition coefficient (Wildman–Crippen LogP) is 3.47. The molecule has 0 unspecified atom stereocenters. The molecule has 1 aromatic heterocycles. The van der Waals surface area contributed by atoms with Gasteiger partial charge in [-0.05, 0) is 25.5 Å². The van der Waals surface area contributed by atoms with Crippen LogP contribution in [0.15, 0.2) is 44.7 Å². The van der Waals surface area contributed by atoms with E-state index in [-0.39, 0.29) is 0 Å². The molecule has 0 spiro atoms. The molecule has 0 saturated heterocycles. The Hall–Kier alpha value is -2.02. The molecule has 2 N–H and O–H groups in total. The summed E-state index contributed by atoms with van der Waals surface area (Å²) >= 11 is 1.84. The second-order valence-corrected chi connectivity index (χ2v) is 7.32. The number of nitrogens with one attached hydrogen (secondary N) is 2. The van der Waals surface area contributed by atoms with Crippen LogP contribution in [0.5, 0.6) is 0 Å². The normalized spacial score (nSPS) is 11.8. The lowest BCUT2D eigenvalue weighted by molar-refractivity contribution is 0.369. The molecule has 0 saturated carbocycles. The van der Waals surface area contributed by atoms with E-state index in [1.165, 1.54) is 4.90 Å². The Bertz CT molecular complexity index is 657. The predicted molar refractivity (Wildman–Crippen MR) is 108 cm³/mol. The number of thioether (sulfide) groups is 1. The third kappa shape index (κ3) is 7.47. The van der Waals surface area contributed by atoms with Gasteiger partial charge < -0.3 is 15.2 Å². The van der Waals surface area contributed by atoms with Crippen molar-refractivity contribution in [2.45, 2.75) is 44.4 Å². The van der Waals surface area contributed by atoms with Crippen molar-refractivity contribution in [1.82, 2.24) is 20.8 Å². The number of nitrogens with zero attached hydrogens (tertiary/aromatic N) is 3. The average Bonchev–Trinajstić information content (AvgIpc) is 3.12. The van der Waals surface area contributed by atoms with Crippen LogP contribution in [0.2, 0.25) is 0 Å². The summed E-state index contributed by atoms with van der Waals surface area (Å²) in [5, 5.41) is 10.6. The fourth-order valence-electron chi connectivity index (χ4n) is 2.22. The summed E-state index contributed by atoms with van der Waals surface area (Å²) in [5.74, 6) is 3.61. The lowest BCUT2D eigenvalue weighted by atomic mass is 10.2. The van der Waals surface area contributed by atoms with E-state index in [0.29, 0.717) is 11.8 Å². The maximum absolute atomic E-state index is 5.26. The molecule has 2 aromatic rings. The van der Waals surface area contributed by atoms with Gasteiger partial charge in [0.1, 0.15) is 0 Å². The molecule has 0 bridgehead atoms. The fraction of sp³-hybridized carbons (Fsp3) is 0.526. The van der Waals surface area contributed by atoms with Crippen molar-refractivity contribution in [3.05, 3.63) is 42.0 Å². The molecule has 26 heavy (non-hydrogen) atoms. The first kappa shape index (κ1) is 20.3. The third-order valence-electron chi connectivity index (χ3n) is 3.57. The van der Waals surface area contributed by atoms with Crippen LogP contribution in [0.1, 0.15) is 44.8 Å². The van der Waals surface area contributed by atoms with Crippen molar-refractivity contribution in [2.24, 2.45) is 4.99 Å². The van der Waals surface area contributed by atoms with E-state index in [2.05, 4.69) is 70.8 Å². The lowest BCUT2D eigenvalue weighted by Gasteiger charge is -2.11. The van der Waals surface area contributed by atoms with Gasteiger partial charge in [0.05, 0.1) is 0 Å². The maximum Gasteiger partial charge on any atom is 0.226 e. The molecule has 0 atom stereocenters. The number of rotatable bonds is 10. The first-order chi connectivity index (χ1) is 12.7. The van der Waals surface area contributed by atoms with Gasteiger partial charge in [-0.25, -0.2) is 0 Å². The Morgan fingerprint density at radius 2 is 2.04 bits per heavy atom. The molecule has 0 fully saturated rings. The first-order valence-corrected chi connectivity index (χ1v) is 10.2. The molecule has 0 radical (unpaired) electrons. The van der Waals surface area contributed by atoms with Crippen LogP contribution in [0, 0.1) is 0 Å². The van der Waals surface area contributed by atoms with Crippen molar-refractivity contribution in [1.29, 1.82) is 0 Å². The number of hydrogen-bond acceptors (Lipinski definition) is 5. The Balaban J connectivity index is 1.68. The SMILES string of the molecule is CCNC(=NCCCc1nc(C(C)C)no1)NCCSc1ccccc1. The van der Waals surface area contributed by atoms with Crippen molar-refractivity contribution in [3.63, 3.8) is 0 Å². The Morgan fingerprint density at radius 1 is 1.23 bits per heavy atom. The molecule has 0 aliphatic rings. The van der Waals surface area contributed by atoms with E-state index >= 15 is 0 Å². The number of hydrogen-bond donors (Lipinski definition) is 2. The highest BCUT2D eigenvalue weighted by atomic mass is 32.2. The third-order valence-corrected chi connectivity index (χ3v) is 4.58. The van der Waals surface area contributed by atoms with Gasteiger partial charge in [0.25, 0.3) is 0 Å². The summed E-state index contributed by atoms with van der Waals surface area (Å²) in [6, 6.07) is 10.4. The smallest absolute Gasteiger partial charge is 0.226 e. The number of benzene rings is 1. The molecule has 6 nitrogen and oxygen atoms in total. The summed E-state index contributed by atoms with van der Waals surface area (Å²) in [6.45, 7) is 8.63. The highest BCUT2D eigenvalue weighted by Gasteiger charge is 2.08. The summed E-state index contributed by atoms with van der Waals surface area (Å²) in [6.07, 6.45) is 1.64. The molecule has 0 aliphatic heterocycles. The number of aliphatic imine (C=N–C) groups is 1. The van der Waals surface area contributed by atoms with Gasteiger partial charge in [0, 0.05) is 42.6 Å². The zero-order valence-electron chi connectivity index (χ0n) is 15.9.